The zero-order valence-corrected chi connectivity index (χ0v) is 28.0. The van der Waals surface area contributed by atoms with Gasteiger partial charge in [0.1, 0.15) is 0 Å². The normalized spacial score (nSPS) is 11.5. The van der Waals surface area contributed by atoms with Crippen molar-refractivity contribution < 1.29 is 0 Å². The molecule has 0 aromatic heterocycles. The highest BCUT2D eigenvalue weighted by Crippen LogP contribution is 2.48. The van der Waals surface area contributed by atoms with Crippen molar-refractivity contribution in [1.29, 1.82) is 0 Å². The summed E-state index contributed by atoms with van der Waals surface area (Å²) in [6.07, 6.45) is 0. The number of benzene rings is 10. The number of hydrogen-bond acceptors (Lipinski definition) is 1. The Hall–Kier alpha value is -6.70. The molecule has 0 N–H and O–H groups in total. The molecule has 0 aliphatic carbocycles. The Morgan fingerprint density at radius 1 is 0.255 bits per heavy atom. The van der Waals surface area contributed by atoms with E-state index in [9.17, 15) is 0 Å². The Bertz CT molecular complexity index is 2900. The second kappa shape index (κ2) is 12.0. The smallest absolute Gasteiger partial charge is 0.0540 e. The molecule has 0 aliphatic rings. The summed E-state index contributed by atoms with van der Waals surface area (Å²) in [5.74, 6) is 0. The molecule has 0 amide bonds. The van der Waals surface area contributed by atoms with E-state index in [-0.39, 0.29) is 0 Å². The summed E-state index contributed by atoms with van der Waals surface area (Å²) in [6.45, 7) is 0. The van der Waals surface area contributed by atoms with E-state index in [1.54, 1.807) is 0 Å². The number of nitrogens with zero attached hydrogens (tertiary/aromatic N) is 1. The van der Waals surface area contributed by atoms with Crippen molar-refractivity contribution in [1.82, 2.24) is 0 Å². The minimum absolute atomic E-state index is 1.12. The third kappa shape index (κ3) is 4.78. The average Bonchev–Trinajstić information content (AvgIpc) is 3.21. The molecule has 1 heteroatoms. The maximum Gasteiger partial charge on any atom is 0.0540 e. The van der Waals surface area contributed by atoms with E-state index < -0.39 is 0 Å². The van der Waals surface area contributed by atoms with Crippen LogP contribution in [0.2, 0.25) is 0 Å². The highest BCUT2D eigenvalue weighted by molar-refractivity contribution is 6.22. The molecular formula is C50H33N. The Kier molecular flexibility index (Phi) is 6.89. The van der Waals surface area contributed by atoms with Crippen molar-refractivity contribution in [3.63, 3.8) is 0 Å². The Balaban J connectivity index is 1.34. The fourth-order valence-electron chi connectivity index (χ4n) is 8.16. The highest BCUT2D eigenvalue weighted by Gasteiger charge is 2.22. The average molecular weight is 648 g/mol. The van der Waals surface area contributed by atoms with Gasteiger partial charge in [-0.2, -0.15) is 0 Å². The number of rotatable bonds is 5. The number of hydrogen-bond donors (Lipinski definition) is 0. The first-order valence-corrected chi connectivity index (χ1v) is 17.6. The Morgan fingerprint density at radius 2 is 0.706 bits per heavy atom. The molecule has 0 saturated carbocycles. The van der Waals surface area contributed by atoms with E-state index >= 15 is 0 Å². The molecule has 0 spiro atoms. The summed E-state index contributed by atoms with van der Waals surface area (Å²) in [6, 6.07) is 73.1. The van der Waals surface area contributed by atoms with Gasteiger partial charge in [-0.15, -0.1) is 0 Å². The van der Waals surface area contributed by atoms with Crippen molar-refractivity contribution in [3.05, 3.63) is 200 Å². The number of anilines is 3. The topological polar surface area (TPSA) is 3.24 Å². The van der Waals surface area contributed by atoms with Crippen LogP contribution in [-0.2, 0) is 0 Å². The second-order valence-electron chi connectivity index (χ2n) is 13.3. The predicted octanol–water partition coefficient (Wildman–Crippen LogP) is 14.3. The van der Waals surface area contributed by atoms with Crippen LogP contribution in [0, 0.1) is 0 Å². The van der Waals surface area contributed by atoms with Crippen LogP contribution >= 0.6 is 0 Å². The third-order valence-electron chi connectivity index (χ3n) is 10.4. The first kappa shape index (κ1) is 29.2. The third-order valence-corrected chi connectivity index (χ3v) is 10.4. The molecule has 0 aliphatic heterocycles. The van der Waals surface area contributed by atoms with Crippen LogP contribution in [0.25, 0.3) is 76.1 Å². The quantitative estimate of drug-likeness (QED) is 0.168. The Morgan fingerprint density at radius 3 is 1.43 bits per heavy atom. The lowest BCUT2D eigenvalue weighted by Gasteiger charge is -2.29. The van der Waals surface area contributed by atoms with Crippen LogP contribution in [0.15, 0.2) is 200 Å². The van der Waals surface area contributed by atoms with Crippen molar-refractivity contribution in [2.75, 3.05) is 4.90 Å². The fraction of sp³-hybridized carbons (Fsp3) is 0. The summed E-state index contributed by atoms with van der Waals surface area (Å²) in [4.78, 5) is 2.48. The number of fused-ring (bicyclic) bond motifs is 7. The predicted molar refractivity (Wildman–Crippen MR) is 220 cm³/mol. The monoisotopic (exact) mass is 647 g/mol. The Labute approximate surface area is 297 Å². The van der Waals surface area contributed by atoms with E-state index in [0.717, 1.165) is 17.1 Å². The van der Waals surface area contributed by atoms with Gasteiger partial charge in [-0.25, -0.2) is 0 Å². The lowest BCUT2D eigenvalue weighted by molar-refractivity contribution is 1.32. The van der Waals surface area contributed by atoms with Crippen LogP contribution in [0.5, 0.6) is 0 Å². The lowest BCUT2D eigenvalue weighted by atomic mass is 9.85. The maximum atomic E-state index is 2.48. The maximum absolute atomic E-state index is 2.48. The highest BCUT2D eigenvalue weighted by atomic mass is 15.1. The van der Waals surface area contributed by atoms with Gasteiger partial charge >= 0.3 is 0 Å². The van der Waals surface area contributed by atoms with E-state index in [1.165, 1.54) is 76.1 Å². The zero-order chi connectivity index (χ0) is 33.7. The molecule has 51 heavy (non-hydrogen) atoms. The van der Waals surface area contributed by atoms with Gasteiger partial charge < -0.3 is 4.90 Å². The molecule has 0 atom stereocenters. The van der Waals surface area contributed by atoms with E-state index in [1.807, 2.05) is 0 Å². The van der Waals surface area contributed by atoms with Crippen LogP contribution in [-0.4, -0.2) is 0 Å². The van der Waals surface area contributed by atoms with Crippen molar-refractivity contribution in [3.8, 4) is 22.3 Å². The first-order valence-electron chi connectivity index (χ1n) is 17.6. The molecule has 0 saturated heterocycles. The summed E-state index contributed by atoms with van der Waals surface area (Å²) in [5.41, 5.74) is 8.35. The molecule has 0 unspecified atom stereocenters. The van der Waals surface area contributed by atoms with Gasteiger partial charge in [0.05, 0.1) is 11.4 Å². The standard InChI is InChI=1S/C50H33N/c1-3-17-36(18-4-1)49-45-25-12-11-24-42(45)43-32-30-38(33-46(43)50(49)37-19-5-2-6-20-37)51(47-27-13-21-34-15-8-10-23-40(34)47)48-28-14-26-41-39-22-9-7-16-35(39)29-31-44(41)48/h1-33H. The molecule has 0 fully saturated rings. The van der Waals surface area contributed by atoms with Gasteiger partial charge in [0.2, 0.25) is 0 Å². The second-order valence-corrected chi connectivity index (χ2v) is 13.3. The zero-order valence-electron chi connectivity index (χ0n) is 28.0. The summed E-state index contributed by atoms with van der Waals surface area (Å²) in [5, 5.41) is 12.4. The molecule has 10 aromatic rings. The molecule has 0 heterocycles. The fourth-order valence-corrected chi connectivity index (χ4v) is 8.16. The molecule has 10 aromatic carbocycles. The van der Waals surface area contributed by atoms with Crippen molar-refractivity contribution in [2.24, 2.45) is 0 Å². The van der Waals surface area contributed by atoms with Gasteiger partial charge in [0.15, 0.2) is 0 Å². The van der Waals surface area contributed by atoms with Crippen molar-refractivity contribution >= 4 is 70.9 Å². The van der Waals surface area contributed by atoms with Gasteiger partial charge in [-0.3, -0.25) is 0 Å². The molecule has 0 radical (unpaired) electrons. The summed E-state index contributed by atoms with van der Waals surface area (Å²) >= 11 is 0. The molecule has 0 bridgehead atoms. The molecule has 10 rings (SSSR count). The van der Waals surface area contributed by atoms with Gasteiger partial charge in [0.25, 0.3) is 0 Å². The molecule has 1 nitrogen and oxygen atoms in total. The van der Waals surface area contributed by atoms with Crippen LogP contribution in [0.4, 0.5) is 17.1 Å². The van der Waals surface area contributed by atoms with E-state index in [4.69, 9.17) is 0 Å². The van der Waals surface area contributed by atoms with Crippen LogP contribution < -0.4 is 4.90 Å². The molecular weight excluding hydrogens is 615 g/mol. The van der Waals surface area contributed by atoms with Crippen molar-refractivity contribution in [2.45, 2.75) is 0 Å². The van der Waals surface area contributed by atoms with E-state index in [0.29, 0.717) is 0 Å². The largest absolute Gasteiger partial charge is 0.309 e. The van der Waals surface area contributed by atoms with Gasteiger partial charge in [-0.05, 0) is 89.6 Å². The summed E-state index contributed by atoms with van der Waals surface area (Å²) in [7, 11) is 0. The summed E-state index contributed by atoms with van der Waals surface area (Å²) < 4.78 is 0. The first-order chi connectivity index (χ1) is 25.3. The molecule has 238 valence electrons. The van der Waals surface area contributed by atoms with Gasteiger partial charge in [0, 0.05) is 16.5 Å². The lowest BCUT2D eigenvalue weighted by Crippen LogP contribution is -2.11. The minimum Gasteiger partial charge on any atom is -0.309 e. The van der Waals surface area contributed by atoms with Crippen LogP contribution in [0.3, 0.4) is 0 Å². The van der Waals surface area contributed by atoms with E-state index in [2.05, 4.69) is 205 Å². The van der Waals surface area contributed by atoms with Gasteiger partial charge in [-0.1, -0.05) is 176 Å². The van der Waals surface area contributed by atoms with Crippen LogP contribution in [0.1, 0.15) is 0 Å². The minimum atomic E-state index is 1.12. The SMILES string of the molecule is c1ccc(-c2c(-c3ccccc3)c3cc(N(c4cccc5ccccc45)c4cccc5c4ccc4ccccc45)ccc3c3ccccc23)cc1.